The topological polar surface area (TPSA) is 58.3 Å². The molecule has 4 heteroatoms. The molecule has 0 aliphatic rings. The second-order valence-electron chi connectivity index (χ2n) is 4.10. The highest BCUT2D eigenvalue weighted by Crippen LogP contribution is 2.19. The second-order valence-corrected chi connectivity index (χ2v) is 4.10. The Morgan fingerprint density at radius 1 is 1.31 bits per heavy atom. The fourth-order valence-electron chi connectivity index (χ4n) is 1.81. The van der Waals surface area contributed by atoms with Crippen molar-refractivity contribution in [2.75, 3.05) is 0 Å². The van der Waals surface area contributed by atoms with Crippen LogP contribution in [0.4, 0.5) is 0 Å². The number of aryl methyl sites for hydroxylation is 1. The maximum absolute atomic E-state index is 9.65. The normalized spacial score (nSPS) is 15.2. The summed E-state index contributed by atoms with van der Waals surface area (Å²) < 4.78 is 1.79. The molecule has 2 unspecified atom stereocenters. The van der Waals surface area contributed by atoms with E-state index in [0.29, 0.717) is 6.42 Å². The number of aliphatic hydroxyl groups is 2. The van der Waals surface area contributed by atoms with Crippen LogP contribution in [0, 0.1) is 0 Å². The molecule has 1 heterocycles. The number of aliphatic hydroxyl groups excluding tert-OH is 2. The molecule has 4 nitrogen and oxygen atoms in total. The van der Waals surface area contributed by atoms with E-state index in [9.17, 15) is 10.2 Å². The van der Waals surface area contributed by atoms with Gasteiger partial charge in [-0.2, -0.15) is 5.10 Å². The highest BCUT2D eigenvalue weighted by molar-refractivity contribution is 5.81. The van der Waals surface area contributed by atoms with E-state index in [1.165, 1.54) is 0 Å². The quantitative estimate of drug-likeness (QED) is 0.806. The van der Waals surface area contributed by atoms with E-state index >= 15 is 0 Å². The Labute approximate surface area is 94.1 Å². The second kappa shape index (κ2) is 4.23. The monoisotopic (exact) mass is 220 g/mol. The van der Waals surface area contributed by atoms with Crippen molar-refractivity contribution < 1.29 is 10.2 Å². The zero-order chi connectivity index (χ0) is 11.7. The Hall–Kier alpha value is -1.39. The summed E-state index contributed by atoms with van der Waals surface area (Å²) in [5.41, 5.74) is 1.86. The molecule has 1 aromatic heterocycles. The first-order valence-corrected chi connectivity index (χ1v) is 5.36. The van der Waals surface area contributed by atoms with E-state index in [1.54, 1.807) is 11.6 Å². The minimum atomic E-state index is -0.765. The van der Waals surface area contributed by atoms with Crippen LogP contribution in [0.2, 0.25) is 0 Å². The average molecular weight is 220 g/mol. The van der Waals surface area contributed by atoms with Gasteiger partial charge in [0.2, 0.25) is 0 Å². The first-order valence-electron chi connectivity index (χ1n) is 5.36. The van der Waals surface area contributed by atoms with Gasteiger partial charge in [-0.1, -0.05) is 18.2 Å². The first-order chi connectivity index (χ1) is 7.59. The number of benzene rings is 1. The molecule has 2 atom stereocenters. The van der Waals surface area contributed by atoms with Gasteiger partial charge in [-0.3, -0.25) is 4.68 Å². The van der Waals surface area contributed by atoms with Gasteiger partial charge in [0.1, 0.15) is 0 Å². The molecule has 2 rings (SSSR count). The third-order valence-electron chi connectivity index (χ3n) is 2.79. The summed E-state index contributed by atoms with van der Waals surface area (Å²) in [5, 5.41) is 24.3. The molecule has 0 saturated heterocycles. The van der Waals surface area contributed by atoms with E-state index in [0.717, 1.165) is 16.6 Å². The van der Waals surface area contributed by atoms with Crippen molar-refractivity contribution >= 4 is 10.9 Å². The van der Waals surface area contributed by atoms with Crippen LogP contribution in [0.15, 0.2) is 24.3 Å². The van der Waals surface area contributed by atoms with Crippen molar-refractivity contribution in [3.05, 3.63) is 30.0 Å². The fraction of sp³-hybridized carbons (Fsp3) is 0.417. The molecule has 0 saturated carbocycles. The van der Waals surface area contributed by atoms with Gasteiger partial charge in [0.25, 0.3) is 0 Å². The van der Waals surface area contributed by atoms with E-state index in [2.05, 4.69) is 5.10 Å². The fourth-order valence-corrected chi connectivity index (χ4v) is 1.81. The first kappa shape index (κ1) is 11.1. The Kier molecular flexibility index (Phi) is 2.94. The predicted molar refractivity (Wildman–Crippen MR) is 62.1 cm³/mol. The van der Waals surface area contributed by atoms with Crippen molar-refractivity contribution in [2.45, 2.75) is 25.6 Å². The predicted octanol–water partition coefficient (Wildman–Crippen LogP) is 0.857. The van der Waals surface area contributed by atoms with Gasteiger partial charge in [0.15, 0.2) is 0 Å². The van der Waals surface area contributed by atoms with Crippen molar-refractivity contribution in [3.63, 3.8) is 0 Å². The van der Waals surface area contributed by atoms with Crippen molar-refractivity contribution in [1.82, 2.24) is 9.78 Å². The van der Waals surface area contributed by atoms with Crippen LogP contribution in [-0.2, 0) is 13.5 Å². The van der Waals surface area contributed by atoms with Gasteiger partial charge >= 0.3 is 0 Å². The van der Waals surface area contributed by atoms with Crippen LogP contribution in [0.3, 0.4) is 0 Å². The molecule has 0 fully saturated rings. The van der Waals surface area contributed by atoms with Crippen LogP contribution in [0.25, 0.3) is 10.9 Å². The largest absolute Gasteiger partial charge is 0.391 e. The number of rotatable bonds is 3. The number of aromatic nitrogens is 2. The molecule has 1 aromatic carbocycles. The van der Waals surface area contributed by atoms with Gasteiger partial charge in [-0.15, -0.1) is 0 Å². The lowest BCUT2D eigenvalue weighted by Gasteiger charge is -2.11. The maximum atomic E-state index is 9.65. The van der Waals surface area contributed by atoms with E-state index in [4.69, 9.17) is 0 Å². The molecule has 0 spiro atoms. The molecule has 2 N–H and O–H groups in total. The standard InChI is InChI=1S/C12H16N2O2/c1-8(15)12(16)7-10-9-5-3-4-6-11(9)14(2)13-10/h3-6,8,12,15-16H,7H2,1-2H3. The van der Waals surface area contributed by atoms with Gasteiger partial charge in [0.05, 0.1) is 23.4 Å². The lowest BCUT2D eigenvalue weighted by atomic mass is 10.1. The average Bonchev–Trinajstić information content (AvgIpc) is 2.57. The molecule has 2 aromatic rings. The van der Waals surface area contributed by atoms with Gasteiger partial charge < -0.3 is 10.2 Å². The zero-order valence-electron chi connectivity index (χ0n) is 9.46. The van der Waals surface area contributed by atoms with Crippen molar-refractivity contribution in [1.29, 1.82) is 0 Å². The molecular weight excluding hydrogens is 204 g/mol. The molecule has 0 amide bonds. The smallest absolute Gasteiger partial charge is 0.0852 e. The van der Waals surface area contributed by atoms with Crippen molar-refractivity contribution in [3.8, 4) is 0 Å². The summed E-state index contributed by atoms with van der Waals surface area (Å²) in [6, 6.07) is 7.87. The Morgan fingerprint density at radius 2 is 2.00 bits per heavy atom. The van der Waals surface area contributed by atoms with Gasteiger partial charge in [0, 0.05) is 18.9 Å². The molecule has 86 valence electrons. The molecular formula is C12H16N2O2. The Bertz CT molecular complexity index is 491. The molecule has 0 aliphatic carbocycles. The maximum Gasteiger partial charge on any atom is 0.0852 e. The lowest BCUT2D eigenvalue weighted by Crippen LogP contribution is -2.25. The van der Waals surface area contributed by atoms with Crippen molar-refractivity contribution in [2.24, 2.45) is 7.05 Å². The van der Waals surface area contributed by atoms with Gasteiger partial charge in [-0.25, -0.2) is 0 Å². The summed E-state index contributed by atoms with van der Waals surface area (Å²) in [6.45, 7) is 1.58. The summed E-state index contributed by atoms with van der Waals surface area (Å²) in [6.07, 6.45) is -1.13. The van der Waals surface area contributed by atoms with E-state index in [1.807, 2.05) is 31.3 Å². The molecule has 0 bridgehead atoms. The molecule has 0 radical (unpaired) electrons. The van der Waals surface area contributed by atoms with E-state index < -0.39 is 12.2 Å². The summed E-state index contributed by atoms with van der Waals surface area (Å²) in [5.74, 6) is 0. The number of fused-ring (bicyclic) bond motifs is 1. The van der Waals surface area contributed by atoms with Crippen LogP contribution in [-0.4, -0.2) is 32.2 Å². The Morgan fingerprint density at radius 3 is 2.69 bits per heavy atom. The number of para-hydroxylation sites is 1. The third-order valence-corrected chi connectivity index (χ3v) is 2.79. The number of nitrogens with zero attached hydrogens (tertiary/aromatic N) is 2. The molecule has 16 heavy (non-hydrogen) atoms. The van der Waals surface area contributed by atoms with Crippen LogP contribution >= 0.6 is 0 Å². The lowest BCUT2D eigenvalue weighted by molar-refractivity contribution is 0.0315. The van der Waals surface area contributed by atoms with Crippen LogP contribution < -0.4 is 0 Å². The number of hydrogen-bond donors (Lipinski definition) is 2. The minimum Gasteiger partial charge on any atom is -0.391 e. The zero-order valence-corrected chi connectivity index (χ0v) is 9.46. The summed E-state index contributed by atoms with van der Waals surface area (Å²) in [7, 11) is 1.88. The SMILES string of the molecule is CC(O)C(O)Cc1nn(C)c2ccccc12. The van der Waals surface area contributed by atoms with Crippen LogP contribution in [0.5, 0.6) is 0 Å². The molecule has 0 aliphatic heterocycles. The Balaban J connectivity index is 2.38. The van der Waals surface area contributed by atoms with Crippen LogP contribution in [0.1, 0.15) is 12.6 Å². The van der Waals surface area contributed by atoms with Gasteiger partial charge in [-0.05, 0) is 13.0 Å². The highest BCUT2D eigenvalue weighted by Gasteiger charge is 2.16. The number of hydrogen-bond acceptors (Lipinski definition) is 3. The third kappa shape index (κ3) is 1.94. The summed E-state index contributed by atoms with van der Waals surface area (Å²) in [4.78, 5) is 0. The minimum absolute atomic E-state index is 0.374. The summed E-state index contributed by atoms with van der Waals surface area (Å²) >= 11 is 0. The van der Waals surface area contributed by atoms with E-state index in [-0.39, 0.29) is 0 Å². The highest BCUT2D eigenvalue weighted by atomic mass is 16.3.